The highest BCUT2D eigenvalue weighted by Crippen LogP contribution is 2.10. The second-order valence-electron chi connectivity index (χ2n) is 3.87. The van der Waals surface area contributed by atoms with Gasteiger partial charge in [0.05, 0.1) is 12.0 Å². The summed E-state index contributed by atoms with van der Waals surface area (Å²) in [7, 11) is 1.85. The van der Waals surface area contributed by atoms with Crippen LogP contribution in [0, 0.1) is 0 Å². The van der Waals surface area contributed by atoms with E-state index in [0.29, 0.717) is 17.9 Å². The number of aldehydes is 1. The molecule has 0 aromatic heterocycles. The van der Waals surface area contributed by atoms with Crippen LogP contribution in [0.3, 0.4) is 0 Å². The molecule has 1 rings (SSSR count). The van der Waals surface area contributed by atoms with E-state index in [-0.39, 0.29) is 11.5 Å². The average molecular weight is 297 g/mol. The van der Waals surface area contributed by atoms with Crippen LogP contribution in [0.25, 0.3) is 0 Å². The van der Waals surface area contributed by atoms with Gasteiger partial charge in [0.15, 0.2) is 12.0 Å². The quantitative estimate of drug-likeness (QED) is 0.295. The molecule has 0 aliphatic carbocycles. The van der Waals surface area contributed by atoms with Gasteiger partial charge in [-0.15, -0.1) is 0 Å². The second-order valence-corrected chi connectivity index (χ2v) is 4.31. The van der Waals surface area contributed by atoms with Crippen LogP contribution in [0.4, 0.5) is 0 Å². The number of aliphatic imine (C=N–C) groups is 1. The topological polar surface area (TPSA) is 52.9 Å². The molecule has 0 unspecified atom stereocenters. The molecule has 0 bridgehead atoms. The minimum absolute atomic E-state index is 0.285. The van der Waals surface area contributed by atoms with Gasteiger partial charge in [0.25, 0.3) is 0 Å². The van der Waals surface area contributed by atoms with Crippen LogP contribution in [-0.2, 0) is 11.3 Å². The van der Waals surface area contributed by atoms with Gasteiger partial charge in [0.2, 0.25) is 0 Å². The van der Waals surface area contributed by atoms with E-state index in [9.17, 15) is 4.79 Å². The molecule has 1 N–H and O–H groups in total. The van der Waals surface area contributed by atoms with Crippen molar-refractivity contribution in [3.8, 4) is 0 Å². The fourth-order valence-corrected chi connectivity index (χ4v) is 1.38. The minimum Gasteiger partial charge on any atom is -0.503 e. The molecule has 110 valence electrons. The summed E-state index contributed by atoms with van der Waals surface area (Å²) in [6, 6.07) is 7.51. The Kier molecular flexibility index (Phi) is 9.13. The number of nitrogens with zero attached hydrogens (tertiary/aromatic N) is 2. The lowest BCUT2D eigenvalue weighted by Crippen LogP contribution is -2.15. The third kappa shape index (κ3) is 6.95. The van der Waals surface area contributed by atoms with Crippen LogP contribution < -0.4 is 0 Å². The molecule has 0 saturated carbocycles. The Hall–Kier alpha value is -1.81. The lowest BCUT2D eigenvalue weighted by Gasteiger charge is -2.13. The molecule has 4 nitrogen and oxygen atoms in total. The number of carbonyl (C=O) groups is 1. The van der Waals surface area contributed by atoms with Crippen LogP contribution in [0.1, 0.15) is 26.3 Å². The maximum absolute atomic E-state index is 10.3. The number of aliphatic hydroxyl groups is 1. The first-order valence-electron chi connectivity index (χ1n) is 6.37. The molecule has 0 fully saturated rings. The number of allylic oxidation sites excluding steroid dienone is 2. The summed E-state index contributed by atoms with van der Waals surface area (Å²) in [5.41, 5.74) is 1.38. The molecule has 0 radical (unpaired) electrons. The van der Waals surface area contributed by atoms with Gasteiger partial charge in [0.1, 0.15) is 0 Å². The average Bonchev–Trinajstić information content (AvgIpc) is 2.48. The highest BCUT2D eigenvalue weighted by molar-refractivity contribution is 6.30. The van der Waals surface area contributed by atoms with Gasteiger partial charge in [0, 0.05) is 18.6 Å². The zero-order valence-corrected chi connectivity index (χ0v) is 13.1. The van der Waals surface area contributed by atoms with Gasteiger partial charge in [-0.05, 0) is 24.6 Å². The maximum atomic E-state index is 10.3. The van der Waals surface area contributed by atoms with Crippen LogP contribution >= 0.6 is 11.6 Å². The summed E-state index contributed by atoms with van der Waals surface area (Å²) in [6.45, 7) is 6.23. The van der Waals surface area contributed by atoms with Gasteiger partial charge < -0.3 is 10.0 Å². The van der Waals surface area contributed by atoms with E-state index in [1.165, 1.54) is 0 Å². The first-order valence-corrected chi connectivity index (χ1v) is 6.74. The molecule has 0 aliphatic rings. The van der Waals surface area contributed by atoms with Gasteiger partial charge >= 0.3 is 0 Å². The van der Waals surface area contributed by atoms with E-state index in [1.54, 1.807) is 13.3 Å². The number of rotatable bonds is 5. The minimum atomic E-state index is -0.355. The molecular formula is C15H21ClN2O2. The molecule has 0 heterocycles. The van der Waals surface area contributed by atoms with Crippen molar-refractivity contribution in [2.45, 2.75) is 27.3 Å². The summed E-state index contributed by atoms with van der Waals surface area (Å²) >= 11 is 5.79. The highest BCUT2D eigenvalue weighted by Gasteiger charge is 1.98. The highest BCUT2D eigenvalue weighted by atomic mass is 35.5. The summed E-state index contributed by atoms with van der Waals surface area (Å²) in [5.74, 6) is -0.355. The van der Waals surface area contributed by atoms with Crippen molar-refractivity contribution in [3.63, 3.8) is 0 Å². The van der Waals surface area contributed by atoms with Crippen LogP contribution in [0.15, 0.2) is 40.7 Å². The van der Waals surface area contributed by atoms with Crippen molar-refractivity contribution < 1.29 is 9.90 Å². The van der Waals surface area contributed by atoms with Crippen molar-refractivity contribution in [1.82, 2.24) is 4.90 Å². The molecule has 0 amide bonds. The number of hydrogen-bond acceptors (Lipinski definition) is 3. The fraction of sp³-hybridized carbons (Fsp3) is 0.333. The second kappa shape index (κ2) is 10.0. The van der Waals surface area contributed by atoms with E-state index < -0.39 is 0 Å². The van der Waals surface area contributed by atoms with Crippen LogP contribution in [-0.4, -0.2) is 29.7 Å². The first kappa shape index (κ1) is 18.2. The smallest absolute Gasteiger partial charge is 0.186 e. The number of aliphatic hydroxyl groups excluding tert-OH is 1. The third-order valence-electron chi connectivity index (χ3n) is 2.28. The summed E-state index contributed by atoms with van der Waals surface area (Å²) in [4.78, 5) is 16.1. The number of carbonyl (C=O) groups excluding carboxylic acids is 1. The molecule has 0 saturated heterocycles. The molecular weight excluding hydrogens is 276 g/mol. The Balaban J connectivity index is 0.00000172. The fourth-order valence-electron chi connectivity index (χ4n) is 1.26. The van der Waals surface area contributed by atoms with E-state index in [2.05, 4.69) is 4.99 Å². The van der Waals surface area contributed by atoms with Gasteiger partial charge in [-0.3, -0.25) is 4.79 Å². The Morgan fingerprint density at radius 1 is 1.35 bits per heavy atom. The van der Waals surface area contributed by atoms with E-state index in [4.69, 9.17) is 16.7 Å². The number of halogens is 1. The summed E-state index contributed by atoms with van der Waals surface area (Å²) < 4.78 is 0. The van der Waals surface area contributed by atoms with Crippen LogP contribution in [0.2, 0.25) is 5.02 Å². The SMILES string of the molecule is C/C(N=CN(C)Cc1ccc(Cl)cc1)=C(\O)C=O.CC. The predicted octanol–water partition coefficient (Wildman–Crippen LogP) is 3.81. The van der Waals surface area contributed by atoms with Crippen LogP contribution in [0.5, 0.6) is 0 Å². The van der Waals surface area contributed by atoms with Gasteiger partial charge in [-0.25, -0.2) is 4.99 Å². The Bertz CT molecular complexity index is 467. The van der Waals surface area contributed by atoms with E-state index >= 15 is 0 Å². The molecule has 0 aliphatic heterocycles. The van der Waals surface area contributed by atoms with Crippen molar-refractivity contribution in [3.05, 3.63) is 46.3 Å². The lowest BCUT2D eigenvalue weighted by molar-refractivity contribution is -0.107. The first-order chi connectivity index (χ1) is 9.52. The zero-order chi connectivity index (χ0) is 15.5. The monoisotopic (exact) mass is 296 g/mol. The Morgan fingerprint density at radius 3 is 2.40 bits per heavy atom. The zero-order valence-electron chi connectivity index (χ0n) is 12.3. The largest absolute Gasteiger partial charge is 0.503 e. The molecule has 5 heteroatoms. The molecule has 0 spiro atoms. The molecule has 0 atom stereocenters. The lowest BCUT2D eigenvalue weighted by atomic mass is 10.2. The Labute approximate surface area is 125 Å². The predicted molar refractivity (Wildman–Crippen MR) is 84.2 cm³/mol. The standard InChI is InChI=1S/C13H15ClN2O2.C2H6/c1-10(13(18)8-17)15-9-16(2)7-11-3-5-12(14)6-4-11;1-2/h3-6,8-9,18H,7H2,1-2H3;1-2H3/b13-10+,15-9?;. The van der Waals surface area contributed by atoms with Crippen molar-refractivity contribution in [1.29, 1.82) is 0 Å². The third-order valence-corrected chi connectivity index (χ3v) is 2.53. The number of hydrogen-bond donors (Lipinski definition) is 1. The van der Waals surface area contributed by atoms with Crippen molar-refractivity contribution in [2.24, 2.45) is 4.99 Å². The van der Waals surface area contributed by atoms with E-state index in [0.717, 1.165) is 5.56 Å². The van der Waals surface area contributed by atoms with Crippen molar-refractivity contribution in [2.75, 3.05) is 7.05 Å². The molecule has 1 aromatic rings. The summed E-state index contributed by atoms with van der Waals surface area (Å²) in [5, 5.41) is 9.82. The number of benzene rings is 1. The normalized spacial score (nSPS) is 11.4. The molecule has 1 aromatic carbocycles. The van der Waals surface area contributed by atoms with Gasteiger partial charge in [-0.2, -0.15) is 0 Å². The maximum Gasteiger partial charge on any atom is 0.186 e. The van der Waals surface area contributed by atoms with E-state index in [1.807, 2.05) is 50.1 Å². The molecule has 20 heavy (non-hydrogen) atoms. The van der Waals surface area contributed by atoms with Crippen molar-refractivity contribution >= 4 is 24.2 Å². The van der Waals surface area contributed by atoms with Gasteiger partial charge in [-0.1, -0.05) is 37.6 Å². The summed E-state index contributed by atoms with van der Waals surface area (Å²) in [6.07, 6.45) is 1.93. The Morgan fingerprint density at radius 2 is 1.90 bits per heavy atom.